The quantitative estimate of drug-likeness (QED) is 0.734. The van der Waals surface area contributed by atoms with Crippen molar-refractivity contribution < 1.29 is 9.53 Å². The Balaban J connectivity index is 1.60. The molecule has 1 aromatic heterocycles. The van der Waals surface area contributed by atoms with Gasteiger partial charge in [-0.3, -0.25) is 4.79 Å². The molecule has 0 saturated carbocycles. The number of fused-ring (bicyclic) bond motifs is 1. The maximum atomic E-state index is 12.2. The molecule has 0 fully saturated rings. The fourth-order valence-corrected chi connectivity index (χ4v) is 2.32. The summed E-state index contributed by atoms with van der Waals surface area (Å²) in [5.41, 5.74) is 3.86. The van der Waals surface area contributed by atoms with E-state index in [1.54, 1.807) is 12.1 Å². The van der Waals surface area contributed by atoms with E-state index in [0.29, 0.717) is 18.7 Å². The molecule has 0 aliphatic carbocycles. The van der Waals surface area contributed by atoms with Crippen LogP contribution in [0, 0.1) is 13.8 Å². The maximum absolute atomic E-state index is 12.2. The first kappa shape index (κ1) is 15.9. The van der Waals surface area contributed by atoms with E-state index in [1.165, 1.54) is 0 Å². The van der Waals surface area contributed by atoms with E-state index in [1.807, 2.05) is 50.2 Å². The van der Waals surface area contributed by atoms with Gasteiger partial charge in [0.25, 0.3) is 5.91 Å². The lowest BCUT2D eigenvalue weighted by atomic mass is 10.1. The van der Waals surface area contributed by atoms with Crippen LogP contribution in [-0.2, 0) is 0 Å². The molecule has 0 atom stereocenters. The number of aryl methyl sites for hydroxylation is 2. The van der Waals surface area contributed by atoms with Crippen molar-refractivity contribution in [3.05, 3.63) is 65.5 Å². The molecule has 24 heavy (non-hydrogen) atoms. The topological polar surface area (TPSA) is 64.1 Å². The number of benzene rings is 2. The number of ether oxygens (including phenoxy) is 1. The number of hydrogen-bond donors (Lipinski definition) is 1. The van der Waals surface area contributed by atoms with E-state index >= 15 is 0 Å². The number of carbonyl (C=O) groups excluding carboxylic acids is 1. The minimum Gasteiger partial charge on any atom is -0.492 e. The highest BCUT2D eigenvalue weighted by atomic mass is 16.5. The lowest BCUT2D eigenvalue weighted by Gasteiger charge is -2.08. The van der Waals surface area contributed by atoms with Gasteiger partial charge in [-0.25, -0.2) is 9.97 Å². The van der Waals surface area contributed by atoms with Crippen LogP contribution in [0.5, 0.6) is 5.75 Å². The molecule has 1 amide bonds. The van der Waals surface area contributed by atoms with Crippen LogP contribution in [0.4, 0.5) is 0 Å². The minimum atomic E-state index is -0.145. The number of carbonyl (C=O) groups is 1. The zero-order chi connectivity index (χ0) is 16.9. The summed E-state index contributed by atoms with van der Waals surface area (Å²) in [4.78, 5) is 21.2. The van der Waals surface area contributed by atoms with Gasteiger partial charge in [-0.15, -0.1) is 0 Å². The summed E-state index contributed by atoms with van der Waals surface area (Å²) in [5, 5.41) is 2.85. The first-order valence-electron chi connectivity index (χ1n) is 7.84. The van der Waals surface area contributed by atoms with Crippen molar-refractivity contribution in [1.82, 2.24) is 15.3 Å². The number of para-hydroxylation sites is 1. The standard InChI is InChI=1S/C19H19N3O2/c1-13-14(2)22-18-12-15(8-9-17(18)21-13)19(23)20-10-11-24-16-6-4-3-5-7-16/h3-9,12H,10-11H2,1-2H3,(H,20,23). The number of hydrogen-bond acceptors (Lipinski definition) is 4. The van der Waals surface area contributed by atoms with Gasteiger partial charge in [0.15, 0.2) is 0 Å². The number of rotatable bonds is 5. The van der Waals surface area contributed by atoms with Crippen molar-refractivity contribution in [2.75, 3.05) is 13.2 Å². The molecule has 0 bridgehead atoms. The lowest BCUT2D eigenvalue weighted by Crippen LogP contribution is -2.28. The van der Waals surface area contributed by atoms with Crippen LogP contribution in [-0.4, -0.2) is 29.0 Å². The van der Waals surface area contributed by atoms with Gasteiger partial charge < -0.3 is 10.1 Å². The molecular weight excluding hydrogens is 302 g/mol. The average Bonchev–Trinajstić information content (AvgIpc) is 2.60. The first-order chi connectivity index (χ1) is 11.6. The van der Waals surface area contributed by atoms with Crippen molar-refractivity contribution >= 4 is 16.9 Å². The third kappa shape index (κ3) is 3.68. The SMILES string of the molecule is Cc1nc2ccc(C(=O)NCCOc3ccccc3)cc2nc1C. The molecule has 2 aromatic carbocycles. The van der Waals surface area contributed by atoms with Crippen LogP contribution in [0.3, 0.4) is 0 Å². The molecule has 0 unspecified atom stereocenters. The summed E-state index contributed by atoms with van der Waals surface area (Å²) >= 11 is 0. The van der Waals surface area contributed by atoms with Gasteiger partial charge in [-0.2, -0.15) is 0 Å². The summed E-state index contributed by atoms with van der Waals surface area (Å²) in [7, 11) is 0. The van der Waals surface area contributed by atoms with Gasteiger partial charge in [-0.1, -0.05) is 18.2 Å². The summed E-state index contributed by atoms with van der Waals surface area (Å²) < 4.78 is 5.55. The molecule has 5 nitrogen and oxygen atoms in total. The van der Waals surface area contributed by atoms with Crippen molar-refractivity contribution in [3.63, 3.8) is 0 Å². The lowest BCUT2D eigenvalue weighted by molar-refractivity contribution is 0.0947. The summed E-state index contributed by atoms with van der Waals surface area (Å²) in [6.45, 7) is 4.69. The van der Waals surface area contributed by atoms with Crippen LogP contribution in [0.15, 0.2) is 48.5 Å². The Hall–Kier alpha value is -2.95. The van der Waals surface area contributed by atoms with E-state index in [9.17, 15) is 4.79 Å². The zero-order valence-corrected chi connectivity index (χ0v) is 13.7. The Bertz CT molecular complexity index is 863. The highest BCUT2D eigenvalue weighted by Gasteiger charge is 2.08. The number of aromatic nitrogens is 2. The first-order valence-corrected chi connectivity index (χ1v) is 7.84. The normalized spacial score (nSPS) is 10.6. The molecule has 0 aliphatic heterocycles. The van der Waals surface area contributed by atoms with Gasteiger partial charge in [0, 0.05) is 5.56 Å². The number of nitrogens with one attached hydrogen (secondary N) is 1. The Morgan fingerprint density at radius 3 is 2.46 bits per heavy atom. The Morgan fingerprint density at radius 1 is 1.00 bits per heavy atom. The van der Waals surface area contributed by atoms with Gasteiger partial charge in [0.1, 0.15) is 12.4 Å². The molecular formula is C19H19N3O2. The van der Waals surface area contributed by atoms with Crippen LogP contribution < -0.4 is 10.1 Å². The Labute approximate surface area is 140 Å². The van der Waals surface area contributed by atoms with E-state index < -0.39 is 0 Å². The molecule has 3 rings (SSSR count). The predicted octanol–water partition coefficient (Wildman–Crippen LogP) is 3.06. The second-order valence-corrected chi connectivity index (χ2v) is 5.52. The summed E-state index contributed by atoms with van der Waals surface area (Å²) in [6.07, 6.45) is 0. The second kappa shape index (κ2) is 7.08. The number of nitrogens with zero attached hydrogens (tertiary/aromatic N) is 2. The Morgan fingerprint density at radius 2 is 1.71 bits per heavy atom. The zero-order valence-electron chi connectivity index (χ0n) is 13.7. The molecule has 5 heteroatoms. The van der Waals surface area contributed by atoms with Crippen molar-refractivity contribution in [1.29, 1.82) is 0 Å². The Kier molecular flexibility index (Phi) is 4.70. The van der Waals surface area contributed by atoms with Crippen molar-refractivity contribution in [2.45, 2.75) is 13.8 Å². The summed E-state index contributed by atoms with van der Waals surface area (Å²) in [6, 6.07) is 14.9. The van der Waals surface area contributed by atoms with E-state index in [4.69, 9.17) is 4.74 Å². The molecule has 0 saturated heterocycles. The van der Waals surface area contributed by atoms with Crippen LogP contribution in [0.25, 0.3) is 11.0 Å². The average molecular weight is 321 g/mol. The molecule has 1 heterocycles. The molecule has 122 valence electrons. The fraction of sp³-hybridized carbons (Fsp3) is 0.211. The maximum Gasteiger partial charge on any atom is 0.251 e. The van der Waals surface area contributed by atoms with Gasteiger partial charge in [0.05, 0.1) is 29.0 Å². The molecule has 3 aromatic rings. The van der Waals surface area contributed by atoms with Crippen LogP contribution >= 0.6 is 0 Å². The molecule has 0 spiro atoms. The van der Waals surface area contributed by atoms with Gasteiger partial charge >= 0.3 is 0 Å². The third-order valence-electron chi connectivity index (χ3n) is 3.74. The minimum absolute atomic E-state index is 0.145. The smallest absolute Gasteiger partial charge is 0.251 e. The largest absolute Gasteiger partial charge is 0.492 e. The molecule has 0 radical (unpaired) electrons. The molecule has 1 N–H and O–H groups in total. The van der Waals surface area contributed by atoms with Crippen molar-refractivity contribution in [3.8, 4) is 5.75 Å². The van der Waals surface area contributed by atoms with E-state index in [-0.39, 0.29) is 5.91 Å². The second-order valence-electron chi connectivity index (χ2n) is 5.52. The van der Waals surface area contributed by atoms with E-state index in [0.717, 1.165) is 28.2 Å². The number of amides is 1. The van der Waals surface area contributed by atoms with Crippen LogP contribution in [0.1, 0.15) is 21.7 Å². The van der Waals surface area contributed by atoms with Gasteiger partial charge in [0.2, 0.25) is 0 Å². The van der Waals surface area contributed by atoms with Crippen molar-refractivity contribution in [2.24, 2.45) is 0 Å². The predicted molar refractivity (Wildman–Crippen MR) is 93.3 cm³/mol. The highest BCUT2D eigenvalue weighted by molar-refractivity contribution is 5.97. The van der Waals surface area contributed by atoms with E-state index in [2.05, 4.69) is 15.3 Å². The fourth-order valence-electron chi connectivity index (χ4n) is 2.32. The molecule has 0 aliphatic rings. The monoisotopic (exact) mass is 321 g/mol. The van der Waals surface area contributed by atoms with Crippen LogP contribution in [0.2, 0.25) is 0 Å². The highest BCUT2D eigenvalue weighted by Crippen LogP contribution is 2.14. The third-order valence-corrected chi connectivity index (χ3v) is 3.74. The summed E-state index contributed by atoms with van der Waals surface area (Å²) in [5.74, 6) is 0.646. The van der Waals surface area contributed by atoms with Gasteiger partial charge in [-0.05, 0) is 44.2 Å².